The first kappa shape index (κ1) is 26.2. The largest absolute Gasteiger partial charge is 0.507 e. The molecular formula is C22H31ClNO5PS. The van der Waals surface area contributed by atoms with Gasteiger partial charge in [0, 0.05) is 9.92 Å². The third-order valence-electron chi connectivity index (χ3n) is 4.94. The lowest BCUT2D eigenvalue weighted by atomic mass is 9.96. The van der Waals surface area contributed by atoms with E-state index in [4.69, 9.17) is 22.0 Å². The van der Waals surface area contributed by atoms with Gasteiger partial charge in [0.1, 0.15) is 5.75 Å². The summed E-state index contributed by atoms with van der Waals surface area (Å²) in [4.78, 5) is 11.1. The average molecular weight is 488 g/mol. The minimum absolute atomic E-state index is 0.0870. The molecule has 4 N–H and O–H groups in total. The average Bonchev–Trinajstić information content (AvgIpc) is 2.74. The smallest absolute Gasteiger partial charge is 0.488 e. The van der Waals surface area contributed by atoms with Crippen molar-refractivity contribution >= 4 is 31.2 Å². The van der Waals surface area contributed by atoms with E-state index in [1.807, 2.05) is 30.3 Å². The van der Waals surface area contributed by atoms with Gasteiger partial charge in [-0.15, -0.1) is 0 Å². The maximum Gasteiger partial charge on any atom is 0.488 e. The van der Waals surface area contributed by atoms with Crippen LogP contribution < -0.4 is 5.90 Å². The summed E-state index contributed by atoms with van der Waals surface area (Å²) in [6, 6.07) is 11.6. The van der Waals surface area contributed by atoms with E-state index in [1.54, 1.807) is 6.07 Å². The van der Waals surface area contributed by atoms with E-state index >= 15 is 0 Å². The van der Waals surface area contributed by atoms with Gasteiger partial charge in [0.2, 0.25) is 0 Å². The predicted octanol–water partition coefficient (Wildman–Crippen LogP) is 6.51. The number of phenolic OH excluding ortho intramolecular Hbond substituents is 1. The van der Waals surface area contributed by atoms with Crippen molar-refractivity contribution in [1.29, 1.82) is 0 Å². The zero-order chi connectivity index (χ0) is 22.9. The van der Waals surface area contributed by atoms with Crippen molar-refractivity contribution in [1.82, 2.24) is 0 Å². The Morgan fingerprint density at radius 2 is 1.90 bits per heavy atom. The van der Waals surface area contributed by atoms with Gasteiger partial charge < -0.3 is 10.00 Å². The Balaban J connectivity index is 2.01. The number of halogens is 1. The Bertz CT molecular complexity index is 898. The molecule has 2 aromatic rings. The third kappa shape index (κ3) is 8.78. The van der Waals surface area contributed by atoms with Gasteiger partial charge in [-0.1, -0.05) is 62.2 Å². The van der Waals surface area contributed by atoms with Crippen molar-refractivity contribution in [3.05, 3.63) is 52.5 Å². The first-order chi connectivity index (χ1) is 14.8. The molecular weight excluding hydrogens is 457 g/mol. The van der Waals surface area contributed by atoms with Crippen LogP contribution in [0.2, 0.25) is 5.02 Å². The minimum atomic E-state index is -4.18. The van der Waals surface area contributed by atoms with Crippen LogP contribution in [-0.4, -0.2) is 16.6 Å². The fourth-order valence-electron chi connectivity index (χ4n) is 3.31. The molecule has 0 amide bonds. The normalized spacial score (nSPS) is 14.4. The van der Waals surface area contributed by atoms with Gasteiger partial charge in [0.05, 0.1) is 11.5 Å². The number of nitrogens with two attached hydrogens (primary N) is 1. The number of phenols is 1. The molecule has 0 bridgehead atoms. The topological polar surface area (TPSA) is 102 Å². The number of phosphoric ester groups is 1. The fraction of sp³-hybridized carbons (Fsp3) is 0.455. The molecule has 0 fully saturated rings. The van der Waals surface area contributed by atoms with Crippen LogP contribution in [-0.2, 0) is 26.6 Å². The first-order valence-corrected chi connectivity index (χ1v) is 13.1. The quantitative estimate of drug-likeness (QED) is 0.219. The van der Waals surface area contributed by atoms with Gasteiger partial charge in [0.15, 0.2) is 0 Å². The molecule has 0 heterocycles. The van der Waals surface area contributed by atoms with Gasteiger partial charge in [-0.2, -0.15) is 0 Å². The second kappa shape index (κ2) is 12.9. The van der Waals surface area contributed by atoms with Crippen LogP contribution in [0.1, 0.15) is 50.7 Å². The van der Waals surface area contributed by atoms with Gasteiger partial charge in [-0.05, 0) is 67.0 Å². The lowest BCUT2D eigenvalue weighted by Gasteiger charge is -2.18. The SMILES string of the molecule is CCCc1ccc(O)c(Sc2ccc(CCC(CCC)COP(=O)(O)ON)c(Cl)c2)c1. The summed E-state index contributed by atoms with van der Waals surface area (Å²) >= 11 is 8.00. The van der Waals surface area contributed by atoms with E-state index in [1.165, 1.54) is 17.3 Å². The third-order valence-corrected chi connectivity index (χ3v) is 7.07. The summed E-state index contributed by atoms with van der Waals surface area (Å²) in [7, 11) is -4.18. The molecule has 0 aliphatic carbocycles. The standard InChI is InChI=1S/C22H31ClNO5PS/c1-3-5-16-8-12-21(25)22(13-16)31-19-11-10-18(20(23)14-19)9-7-17(6-4-2)15-28-30(26,27)29-24/h8,10-14,17,25H,3-7,9,15,24H2,1-2H3,(H,26,27). The number of rotatable bonds is 13. The number of hydrogen-bond donors (Lipinski definition) is 3. The van der Waals surface area contributed by atoms with E-state index < -0.39 is 7.82 Å². The second-order valence-electron chi connectivity index (χ2n) is 7.47. The summed E-state index contributed by atoms with van der Waals surface area (Å²) in [5, 5.41) is 10.8. The van der Waals surface area contributed by atoms with Crippen LogP contribution in [0.5, 0.6) is 5.75 Å². The highest BCUT2D eigenvalue weighted by atomic mass is 35.5. The summed E-state index contributed by atoms with van der Waals surface area (Å²) in [6.07, 6.45) is 5.27. The Hall–Kier alpha value is -1.05. The van der Waals surface area contributed by atoms with E-state index in [-0.39, 0.29) is 18.3 Å². The minimum Gasteiger partial charge on any atom is -0.507 e. The molecule has 0 aliphatic heterocycles. The highest BCUT2D eigenvalue weighted by Gasteiger charge is 2.22. The van der Waals surface area contributed by atoms with E-state index in [9.17, 15) is 14.6 Å². The van der Waals surface area contributed by atoms with Gasteiger partial charge in [0.25, 0.3) is 0 Å². The van der Waals surface area contributed by atoms with Gasteiger partial charge in [-0.25, -0.2) is 15.1 Å². The van der Waals surface area contributed by atoms with Crippen LogP contribution in [0.15, 0.2) is 46.2 Å². The Labute approximate surface area is 193 Å². The van der Waals surface area contributed by atoms with Crippen LogP contribution >= 0.6 is 31.2 Å². The molecule has 0 radical (unpaired) electrons. The van der Waals surface area contributed by atoms with E-state index in [0.717, 1.165) is 47.5 Å². The number of aryl methyl sites for hydroxylation is 2. The molecule has 9 heteroatoms. The molecule has 0 aromatic heterocycles. The molecule has 6 nitrogen and oxygen atoms in total. The van der Waals surface area contributed by atoms with Crippen LogP contribution in [0.3, 0.4) is 0 Å². The maximum atomic E-state index is 11.4. The van der Waals surface area contributed by atoms with Crippen LogP contribution in [0, 0.1) is 5.92 Å². The molecule has 0 spiro atoms. The van der Waals surface area contributed by atoms with Crippen molar-refractivity contribution in [2.24, 2.45) is 11.8 Å². The molecule has 172 valence electrons. The Morgan fingerprint density at radius 1 is 1.13 bits per heavy atom. The van der Waals surface area contributed by atoms with E-state index in [0.29, 0.717) is 11.4 Å². The molecule has 31 heavy (non-hydrogen) atoms. The molecule has 2 unspecified atom stereocenters. The first-order valence-electron chi connectivity index (χ1n) is 10.4. The number of aromatic hydroxyl groups is 1. The summed E-state index contributed by atoms with van der Waals surface area (Å²) < 4.78 is 20.4. The second-order valence-corrected chi connectivity index (χ2v) is 10.4. The van der Waals surface area contributed by atoms with Crippen molar-refractivity contribution in [3.63, 3.8) is 0 Å². The molecule has 2 rings (SSSR count). The number of hydrogen-bond acceptors (Lipinski definition) is 6. The highest BCUT2D eigenvalue weighted by molar-refractivity contribution is 7.99. The fourth-order valence-corrected chi connectivity index (χ4v) is 5.06. The summed E-state index contributed by atoms with van der Waals surface area (Å²) in [6.45, 7) is 4.27. The van der Waals surface area contributed by atoms with Crippen LogP contribution in [0.25, 0.3) is 0 Å². The zero-order valence-electron chi connectivity index (χ0n) is 17.9. The van der Waals surface area contributed by atoms with Crippen molar-refractivity contribution < 1.29 is 23.7 Å². The molecule has 0 saturated heterocycles. The Morgan fingerprint density at radius 3 is 2.55 bits per heavy atom. The zero-order valence-corrected chi connectivity index (χ0v) is 20.4. The molecule has 0 saturated carbocycles. The number of benzene rings is 2. The van der Waals surface area contributed by atoms with Crippen molar-refractivity contribution in [3.8, 4) is 5.75 Å². The van der Waals surface area contributed by atoms with E-state index in [2.05, 4.69) is 18.5 Å². The lowest BCUT2D eigenvalue weighted by Crippen LogP contribution is -2.12. The molecule has 2 atom stereocenters. The monoisotopic (exact) mass is 487 g/mol. The summed E-state index contributed by atoms with van der Waals surface area (Å²) in [5.41, 5.74) is 2.19. The predicted molar refractivity (Wildman–Crippen MR) is 125 cm³/mol. The van der Waals surface area contributed by atoms with Crippen LogP contribution in [0.4, 0.5) is 0 Å². The molecule has 2 aromatic carbocycles. The number of phosphoric acid groups is 1. The highest BCUT2D eigenvalue weighted by Crippen LogP contribution is 2.42. The Kier molecular flexibility index (Phi) is 10.9. The van der Waals surface area contributed by atoms with Gasteiger partial charge in [-0.3, -0.25) is 4.52 Å². The van der Waals surface area contributed by atoms with Crippen molar-refractivity contribution in [2.75, 3.05) is 6.61 Å². The maximum absolute atomic E-state index is 11.4. The van der Waals surface area contributed by atoms with Gasteiger partial charge >= 0.3 is 7.82 Å². The molecule has 0 aliphatic rings. The lowest BCUT2D eigenvalue weighted by molar-refractivity contribution is 0.127. The summed E-state index contributed by atoms with van der Waals surface area (Å²) in [5.74, 6) is 5.13. The van der Waals surface area contributed by atoms with Crippen molar-refractivity contribution in [2.45, 2.75) is 62.2 Å².